The number of anilines is 1. The van der Waals surface area contributed by atoms with E-state index in [4.69, 9.17) is 0 Å². The van der Waals surface area contributed by atoms with Crippen LogP contribution >= 0.6 is 0 Å². The highest BCUT2D eigenvalue weighted by Gasteiger charge is 2.04. The number of amides is 1. The van der Waals surface area contributed by atoms with Crippen molar-refractivity contribution in [3.63, 3.8) is 0 Å². The van der Waals surface area contributed by atoms with Gasteiger partial charge in [-0.2, -0.15) is 0 Å². The Morgan fingerprint density at radius 3 is 2.67 bits per heavy atom. The highest BCUT2D eigenvalue weighted by atomic mass is 16.1. The Labute approximate surface area is 72.2 Å². The monoisotopic (exact) mass is 163 g/mol. The van der Waals surface area contributed by atoms with Crippen molar-refractivity contribution in [2.75, 3.05) is 19.1 Å². The third-order valence-corrected chi connectivity index (χ3v) is 1.49. The predicted molar refractivity (Wildman–Crippen MR) is 47.5 cm³/mol. The Morgan fingerprint density at radius 2 is 2.25 bits per heavy atom. The number of hydrogen-bond donors (Lipinski definition) is 0. The Bertz CT molecular complexity index is 246. The van der Waals surface area contributed by atoms with Crippen molar-refractivity contribution in [1.29, 1.82) is 0 Å². The molecule has 63 valence electrons. The number of hydrazine groups is 1. The summed E-state index contributed by atoms with van der Waals surface area (Å²) in [5.41, 5.74) is 0.817. The van der Waals surface area contributed by atoms with Gasteiger partial charge in [-0.1, -0.05) is 12.1 Å². The zero-order chi connectivity index (χ0) is 8.97. The average Bonchev–Trinajstić information content (AvgIpc) is 2.07. The lowest BCUT2D eigenvalue weighted by Gasteiger charge is -2.23. The lowest BCUT2D eigenvalue weighted by atomic mass is 10.3. The van der Waals surface area contributed by atoms with Crippen LogP contribution in [-0.4, -0.2) is 25.5 Å². The van der Waals surface area contributed by atoms with E-state index in [0.29, 0.717) is 0 Å². The smallest absolute Gasteiger partial charge is 0.228 e. The summed E-state index contributed by atoms with van der Waals surface area (Å²) in [7, 11) is 3.61. The predicted octanol–water partition coefficient (Wildman–Crippen LogP) is 0.926. The highest BCUT2D eigenvalue weighted by molar-refractivity contribution is 5.73. The van der Waals surface area contributed by atoms with Crippen molar-refractivity contribution in [1.82, 2.24) is 5.01 Å². The van der Waals surface area contributed by atoms with E-state index in [0.717, 1.165) is 12.1 Å². The normalized spacial score (nSPS) is 9.92. The molecule has 0 spiro atoms. The third-order valence-electron chi connectivity index (χ3n) is 1.49. The van der Waals surface area contributed by atoms with Crippen molar-refractivity contribution in [3.05, 3.63) is 30.3 Å². The van der Waals surface area contributed by atoms with Crippen LogP contribution in [0.1, 0.15) is 0 Å². The van der Waals surface area contributed by atoms with Gasteiger partial charge >= 0.3 is 0 Å². The lowest BCUT2D eigenvalue weighted by Crippen LogP contribution is -2.35. The minimum absolute atomic E-state index is 0.767. The van der Waals surface area contributed by atoms with E-state index < -0.39 is 0 Å². The standard InChI is InChI=1S/C9H11N2O/c1-10(2)11(8-12)9-6-4-3-5-7-9/h3-4,6-8H,1-2H3. The number of hydrogen-bond acceptors (Lipinski definition) is 2. The Morgan fingerprint density at radius 1 is 1.50 bits per heavy atom. The molecular formula is C9H11N2O. The first-order valence-corrected chi connectivity index (χ1v) is 3.63. The maximum Gasteiger partial charge on any atom is 0.228 e. The molecule has 3 nitrogen and oxygen atoms in total. The Hall–Kier alpha value is -1.35. The van der Waals surface area contributed by atoms with Crippen LogP contribution in [0.2, 0.25) is 0 Å². The van der Waals surface area contributed by atoms with Crippen LogP contribution in [0.5, 0.6) is 0 Å². The van der Waals surface area contributed by atoms with Gasteiger partial charge in [0.15, 0.2) is 0 Å². The molecule has 0 aliphatic rings. The van der Waals surface area contributed by atoms with Gasteiger partial charge in [0.1, 0.15) is 0 Å². The van der Waals surface area contributed by atoms with Crippen LogP contribution < -0.4 is 5.01 Å². The fourth-order valence-electron chi connectivity index (χ4n) is 0.912. The molecule has 12 heavy (non-hydrogen) atoms. The summed E-state index contributed by atoms with van der Waals surface area (Å²) < 4.78 is 0. The fourth-order valence-corrected chi connectivity index (χ4v) is 0.912. The quantitative estimate of drug-likeness (QED) is 0.489. The maximum atomic E-state index is 10.6. The molecule has 1 amide bonds. The Balaban J connectivity index is 2.88. The van der Waals surface area contributed by atoms with Gasteiger partial charge in [0.05, 0.1) is 5.69 Å². The molecule has 3 heteroatoms. The zero-order valence-electron chi connectivity index (χ0n) is 7.19. The van der Waals surface area contributed by atoms with Crippen LogP contribution in [0.3, 0.4) is 0 Å². The molecular weight excluding hydrogens is 152 g/mol. The molecule has 0 saturated heterocycles. The molecule has 1 radical (unpaired) electrons. The van der Waals surface area contributed by atoms with Gasteiger partial charge in [-0.15, -0.1) is 0 Å². The largest absolute Gasteiger partial charge is 0.277 e. The second kappa shape index (κ2) is 3.88. The summed E-state index contributed by atoms with van der Waals surface area (Å²) in [5, 5.41) is 3.20. The molecule has 0 N–H and O–H groups in total. The average molecular weight is 163 g/mol. The van der Waals surface area contributed by atoms with Crippen molar-refractivity contribution >= 4 is 12.1 Å². The van der Waals surface area contributed by atoms with Gasteiger partial charge in [-0.3, -0.25) is 4.79 Å². The van der Waals surface area contributed by atoms with Crippen LogP contribution in [0.25, 0.3) is 0 Å². The first kappa shape index (κ1) is 8.74. The molecule has 0 unspecified atom stereocenters. The van der Waals surface area contributed by atoms with Crippen LogP contribution in [-0.2, 0) is 4.79 Å². The maximum absolute atomic E-state index is 10.6. The fraction of sp³-hybridized carbons (Fsp3) is 0.222. The molecule has 0 aromatic heterocycles. The second-order valence-corrected chi connectivity index (χ2v) is 2.56. The molecule has 0 atom stereocenters. The van der Waals surface area contributed by atoms with Crippen molar-refractivity contribution in [2.24, 2.45) is 0 Å². The van der Waals surface area contributed by atoms with E-state index in [1.807, 2.05) is 12.1 Å². The number of carbonyl (C=O) groups is 1. The second-order valence-electron chi connectivity index (χ2n) is 2.56. The van der Waals surface area contributed by atoms with E-state index >= 15 is 0 Å². The summed E-state index contributed by atoms with van der Waals surface area (Å²) in [4.78, 5) is 10.6. The van der Waals surface area contributed by atoms with Crippen LogP contribution in [0.15, 0.2) is 24.3 Å². The highest BCUT2D eigenvalue weighted by Crippen LogP contribution is 2.10. The van der Waals surface area contributed by atoms with Crippen molar-refractivity contribution in [3.8, 4) is 0 Å². The van der Waals surface area contributed by atoms with Crippen LogP contribution in [0, 0.1) is 6.07 Å². The SMILES string of the molecule is CN(C)N(C=O)c1c[c]ccc1. The van der Waals surface area contributed by atoms with E-state index in [-0.39, 0.29) is 0 Å². The molecule has 0 aliphatic carbocycles. The van der Waals surface area contributed by atoms with Crippen LogP contribution in [0.4, 0.5) is 5.69 Å². The zero-order valence-corrected chi connectivity index (χ0v) is 7.19. The topological polar surface area (TPSA) is 23.6 Å². The van der Waals surface area contributed by atoms with E-state index in [1.165, 1.54) is 5.01 Å². The summed E-state index contributed by atoms with van der Waals surface area (Å²) >= 11 is 0. The van der Waals surface area contributed by atoms with Gasteiger partial charge in [0.2, 0.25) is 6.41 Å². The minimum atomic E-state index is 0.767. The minimum Gasteiger partial charge on any atom is -0.277 e. The molecule has 1 rings (SSSR count). The van der Waals surface area contributed by atoms with E-state index in [2.05, 4.69) is 6.07 Å². The van der Waals surface area contributed by atoms with Crippen molar-refractivity contribution < 1.29 is 4.79 Å². The molecule has 0 saturated carbocycles. The number of benzene rings is 1. The van der Waals surface area contributed by atoms with E-state index in [9.17, 15) is 4.79 Å². The summed E-state index contributed by atoms with van der Waals surface area (Å²) in [6.07, 6.45) is 0.767. The van der Waals surface area contributed by atoms with Gasteiger partial charge in [0, 0.05) is 14.1 Å². The third kappa shape index (κ3) is 1.83. The van der Waals surface area contributed by atoms with Gasteiger partial charge in [0.25, 0.3) is 0 Å². The summed E-state index contributed by atoms with van der Waals surface area (Å²) in [5.74, 6) is 0. The van der Waals surface area contributed by atoms with E-state index in [1.54, 1.807) is 31.2 Å². The van der Waals surface area contributed by atoms with Gasteiger partial charge in [-0.25, -0.2) is 10.0 Å². The Kier molecular flexibility index (Phi) is 2.82. The summed E-state index contributed by atoms with van der Waals surface area (Å²) in [6.45, 7) is 0. The molecule has 0 aliphatic heterocycles. The molecule has 0 fully saturated rings. The first-order valence-electron chi connectivity index (χ1n) is 3.63. The van der Waals surface area contributed by atoms with Gasteiger partial charge < -0.3 is 0 Å². The number of carbonyl (C=O) groups excluding carboxylic acids is 1. The molecule has 1 aromatic carbocycles. The first-order chi connectivity index (χ1) is 5.75. The summed E-state index contributed by atoms with van der Waals surface area (Å²) in [6, 6.07) is 10.2. The van der Waals surface area contributed by atoms with Crippen molar-refractivity contribution in [2.45, 2.75) is 0 Å². The number of nitrogens with zero attached hydrogens (tertiary/aromatic N) is 2. The molecule has 0 heterocycles. The molecule has 1 aromatic rings. The number of rotatable bonds is 3. The van der Waals surface area contributed by atoms with Gasteiger partial charge in [-0.05, 0) is 18.2 Å². The lowest BCUT2D eigenvalue weighted by molar-refractivity contribution is -0.109. The molecule has 0 bridgehead atoms.